The average Bonchev–Trinajstić information content (AvgIpc) is 2.30. The SMILES string of the molecule is CC(C)NC(=O)C(C)Oc1c(F)cccc1C(=O)O. The molecule has 1 rings (SSSR count). The monoisotopic (exact) mass is 269 g/mol. The van der Waals surface area contributed by atoms with E-state index in [-0.39, 0.29) is 11.6 Å². The van der Waals surface area contributed by atoms with Crippen molar-refractivity contribution in [2.75, 3.05) is 0 Å². The molecule has 0 aromatic heterocycles. The maximum atomic E-state index is 13.6. The van der Waals surface area contributed by atoms with Gasteiger partial charge in [-0.2, -0.15) is 0 Å². The molecule has 0 saturated heterocycles. The van der Waals surface area contributed by atoms with Crippen molar-refractivity contribution in [1.82, 2.24) is 5.32 Å². The lowest BCUT2D eigenvalue weighted by Crippen LogP contribution is -2.40. The Labute approximate surface area is 110 Å². The average molecular weight is 269 g/mol. The van der Waals surface area contributed by atoms with Gasteiger partial charge < -0.3 is 15.2 Å². The lowest BCUT2D eigenvalue weighted by Gasteiger charge is -2.17. The maximum absolute atomic E-state index is 13.6. The number of nitrogens with one attached hydrogen (secondary N) is 1. The first kappa shape index (κ1) is 14.9. The number of carbonyl (C=O) groups is 2. The van der Waals surface area contributed by atoms with Crippen LogP contribution in [0.4, 0.5) is 4.39 Å². The molecule has 0 aliphatic heterocycles. The minimum absolute atomic E-state index is 0.0851. The molecule has 0 radical (unpaired) electrons. The molecule has 0 heterocycles. The third kappa shape index (κ3) is 3.94. The van der Waals surface area contributed by atoms with Gasteiger partial charge in [0, 0.05) is 6.04 Å². The number of hydrogen-bond acceptors (Lipinski definition) is 3. The quantitative estimate of drug-likeness (QED) is 0.854. The summed E-state index contributed by atoms with van der Waals surface area (Å²) in [5.41, 5.74) is -0.316. The molecular weight excluding hydrogens is 253 g/mol. The van der Waals surface area contributed by atoms with Crippen molar-refractivity contribution in [2.24, 2.45) is 0 Å². The number of aromatic carboxylic acids is 1. The second-order valence-electron chi connectivity index (χ2n) is 4.35. The molecule has 0 saturated carbocycles. The Hall–Kier alpha value is -2.11. The van der Waals surface area contributed by atoms with Crippen molar-refractivity contribution in [1.29, 1.82) is 0 Å². The first-order chi connectivity index (χ1) is 8.82. The van der Waals surface area contributed by atoms with Crippen LogP contribution in [0.3, 0.4) is 0 Å². The number of carboxylic acids is 1. The summed E-state index contributed by atoms with van der Waals surface area (Å²) >= 11 is 0. The highest BCUT2D eigenvalue weighted by atomic mass is 19.1. The van der Waals surface area contributed by atoms with Crippen LogP contribution in [0.2, 0.25) is 0 Å². The molecule has 5 nitrogen and oxygen atoms in total. The van der Waals surface area contributed by atoms with Crippen LogP contribution in [-0.4, -0.2) is 29.1 Å². The highest BCUT2D eigenvalue weighted by Gasteiger charge is 2.21. The van der Waals surface area contributed by atoms with Crippen LogP contribution in [0.15, 0.2) is 18.2 Å². The number of ether oxygens (including phenoxy) is 1. The van der Waals surface area contributed by atoms with Gasteiger partial charge in [-0.1, -0.05) is 6.07 Å². The van der Waals surface area contributed by atoms with Crippen molar-refractivity contribution in [3.8, 4) is 5.75 Å². The van der Waals surface area contributed by atoms with Gasteiger partial charge in [0.1, 0.15) is 5.56 Å². The summed E-state index contributed by atoms with van der Waals surface area (Å²) in [6.45, 7) is 4.97. The van der Waals surface area contributed by atoms with Crippen LogP contribution in [0.5, 0.6) is 5.75 Å². The molecule has 1 unspecified atom stereocenters. The fourth-order valence-corrected chi connectivity index (χ4v) is 1.43. The number of carboxylic acid groups (broad SMARTS) is 1. The predicted octanol–water partition coefficient (Wildman–Crippen LogP) is 1.82. The van der Waals surface area contributed by atoms with Crippen LogP contribution in [0.1, 0.15) is 31.1 Å². The normalized spacial score (nSPS) is 12.1. The molecule has 1 aromatic carbocycles. The van der Waals surface area contributed by atoms with E-state index in [2.05, 4.69) is 5.32 Å². The van der Waals surface area contributed by atoms with Gasteiger partial charge in [0.25, 0.3) is 5.91 Å². The van der Waals surface area contributed by atoms with E-state index in [1.807, 2.05) is 0 Å². The first-order valence-electron chi connectivity index (χ1n) is 5.81. The van der Waals surface area contributed by atoms with Gasteiger partial charge in [0.05, 0.1) is 0 Å². The Morgan fingerprint density at radius 2 is 1.95 bits per heavy atom. The van der Waals surface area contributed by atoms with E-state index in [1.165, 1.54) is 19.1 Å². The van der Waals surface area contributed by atoms with Gasteiger partial charge in [-0.3, -0.25) is 4.79 Å². The Bertz CT molecular complexity index is 488. The number of carbonyl (C=O) groups excluding carboxylic acids is 1. The van der Waals surface area contributed by atoms with Gasteiger partial charge >= 0.3 is 5.97 Å². The van der Waals surface area contributed by atoms with Crippen molar-refractivity contribution >= 4 is 11.9 Å². The number of rotatable bonds is 5. The summed E-state index contributed by atoms with van der Waals surface area (Å²) in [5, 5.41) is 11.5. The predicted molar refractivity (Wildman–Crippen MR) is 66.7 cm³/mol. The summed E-state index contributed by atoms with van der Waals surface area (Å²) < 4.78 is 18.7. The molecule has 2 N–H and O–H groups in total. The van der Waals surface area contributed by atoms with Gasteiger partial charge in [0.2, 0.25) is 0 Å². The number of halogens is 1. The van der Waals surface area contributed by atoms with Gasteiger partial charge in [-0.05, 0) is 32.9 Å². The van der Waals surface area contributed by atoms with Crippen LogP contribution < -0.4 is 10.1 Å². The van der Waals surface area contributed by atoms with Crippen LogP contribution in [-0.2, 0) is 4.79 Å². The molecular formula is C13H16FNO4. The summed E-state index contributed by atoms with van der Waals surface area (Å²) in [4.78, 5) is 22.6. The minimum Gasteiger partial charge on any atom is -0.478 e. The number of amides is 1. The van der Waals surface area contributed by atoms with Gasteiger partial charge in [-0.25, -0.2) is 9.18 Å². The topological polar surface area (TPSA) is 75.6 Å². The molecule has 0 spiro atoms. The lowest BCUT2D eigenvalue weighted by molar-refractivity contribution is -0.127. The highest BCUT2D eigenvalue weighted by Crippen LogP contribution is 2.23. The number of para-hydroxylation sites is 1. The van der Waals surface area contributed by atoms with Crippen LogP contribution >= 0.6 is 0 Å². The Balaban J connectivity index is 2.93. The second-order valence-corrected chi connectivity index (χ2v) is 4.35. The van der Waals surface area contributed by atoms with Crippen molar-refractivity contribution in [3.63, 3.8) is 0 Å². The molecule has 0 aliphatic carbocycles. The van der Waals surface area contributed by atoms with E-state index in [0.717, 1.165) is 6.07 Å². The maximum Gasteiger partial charge on any atom is 0.339 e. The lowest BCUT2D eigenvalue weighted by atomic mass is 10.2. The fraction of sp³-hybridized carbons (Fsp3) is 0.385. The molecule has 6 heteroatoms. The smallest absolute Gasteiger partial charge is 0.339 e. The fourth-order valence-electron chi connectivity index (χ4n) is 1.43. The Morgan fingerprint density at radius 3 is 2.47 bits per heavy atom. The molecule has 0 bridgehead atoms. The third-order valence-corrected chi connectivity index (χ3v) is 2.29. The Kier molecular flexibility index (Phi) is 4.86. The highest BCUT2D eigenvalue weighted by molar-refractivity contribution is 5.91. The summed E-state index contributed by atoms with van der Waals surface area (Å²) in [5.74, 6) is -2.99. The molecule has 19 heavy (non-hydrogen) atoms. The molecule has 1 atom stereocenters. The molecule has 1 aromatic rings. The van der Waals surface area contributed by atoms with E-state index in [9.17, 15) is 14.0 Å². The van der Waals surface area contributed by atoms with Crippen molar-refractivity contribution in [2.45, 2.75) is 32.9 Å². The molecule has 1 amide bonds. The van der Waals surface area contributed by atoms with Crippen molar-refractivity contribution in [3.05, 3.63) is 29.6 Å². The third-order valence-electron chi connectivity index (χ3n) is 2.29. The summed E-state index contributed by atoms with van der Waals surface area (Å²) in [6.07, 6.45) is -0.989. The molecule has 0 aliphatic rings. The molecule has 104 valence electrons. The zero-order valence-corrected chi connectivity index (χ0v) is 10.9. The van der Waals surface area contributed by atoms with Gasteiger partial charge in [-0.15, -0.1) is 0 Å². The van der Waals surface area contributed by atoms with Gasteiger partial charge in [0.15, 0.2) is 17.7 Å². The molecule has 0 fully saturated rings. The van der Waals surface area contributed by atoms with Crippen molar-refractivity contribution < 1.29 is 23.8 Å². The zero-order chi connectivity index (χ0) is 14.6. The zero-order valence-electron chi connectivity index (χ0n) is 10.9. The standard InChI is InChI=1S/C13H16FNO4/c1-7(2)15-12(16)8(3)19-11-9(13(17)18)5-4-6-10(11)14/h4-8H,1-3H3,(H,15,16)(H,17,18). The van der Waals surface area contributed by atoms with Crippen LogP contribution in [0.25, 0.3) is 0 Å². The summed E-state index contributed by atoms with van der Waals surface area (Å²) in [6, 6.07) is 3.48. The van der Waals surface area contributed by atoms with E-state index in [1.54, 1.807) is 13.8 Å². The Morgan fingerprint density at radius 1 is 1.32 bits per heavy atom. The van der Waals surface area contributed by atoms with E-state index in [0.29, 0.717) is 0 Å². The first-order valence-corrected chi connectivity index (χ1v) is 5.81. The minimum atomic E-state index is -1.31. The summed E-state index contributed by atoms with van der Waals surface area (Å²) in [7, 11) is 0. The van der Waals surface area contributed by atoms with E-state index in [4.69, 9.17) is 9.84 Å². The van der Waals surface area contributed by atoms with E-state index >= 15 is 0 Å². The number of benzene rings is 1. The number of hydrogen-bond donors (Lipinski definition) is 2. The van der Waals surface area contributed by atoms with Crippen LogP contribution in [0, 0.1) is 5.82 Å². The van der Waals surface area contributed by atoms with E-state index < -0.39 is 29.5 Å². The largest absolute Gasteiger partial charge is 0.478 e. The second kappa shape index (κ2) is 6.17.